The van der Waals surface area contributed by atoms with Crippen molar-refractivity contribution in [3.63, 3.8) is 0 Å². The molecular weight excluding hydrogens is 328 g/mol. The monoisotopic (exact) mass is 346 g/mol. The van der Waals surface area contributed by atoms with Crippen LogP contribution in [-0.2, 0) is 13.0 Å². The van der Waals surface area contributed by atoms with Crippen LogP contribution >= 0.6 is 15.9 Å². The van der Waals surface area contributed by atoms with E-state index in [0.29, 0.717) is 13.1 Å². The number of urea groups is 1. The molecular formula is C17H19BrN2O. The van der Waals surface area contributed by atoms with Crippen molar-refractivity contribution in [2.75, 3.05) is 6.54 Å². The van der Waals surface area contributed by atoms with Crippen LogP contribution in [0.2, 0.25) is 0 Å². The summed E-state index contributed by atoms with van der Waals surface area (Å²) >= 11 is 3.46. The number of hydrogen-bond acceptors (Lipinski definition) is 1. The van der Waals surface area contributed by atoms with E-state index in [0.717, 1.165) is 22.9 Å². The number of hydrogen-bond donors (Lipinski definition) is 2. The van der Waals surface area contributed by atoms with Crippen molar-refractivity contribution in [1.29, 1.82) is 0 Å². The van der Waals surface area contributed by atoms with E-state index in [1.54, 1.807) is 0 Å². The molecule has 2 N–H and O–H groups in total. The van der Waals surface area contributed by atoms with Gasteiger partial charge in [-0.2, -0.15) is 0 Å². The summed E-state index contributed by atoms with van der Waals surface area (Å²) < 4.78 is 1.01. The summed E-state index contributed by atoms with van der Waals surface area (Å²) in [6, 6.07) is 18.0. The number of nitrogens with one attached hydrogen (secondary N) is 2. The van der Waals surface area contributed by atoms with Gasteiger partial charge in [-0.1, -0.05) is 64.5 Å². The molecule has 0 unspecified atom stereocenters. The van der Waals surface area contributed by atoms with Gasteiger partial charge in [-0.3, -0.25) is 0 Å². The molecule has 0 bridgehead atoms. The largest absolute Gasteiger partial charge is 0.338 e. The summed E-state index contributed by atoms with van der Waals surface area (Å²) in [6.45, 7) is 1.20. The lowest BCUT2D eigenvalue weighted by Crippen LogP contribution is -2.35. The van der Waals surface area contributed by atoms with Crippen LogP contribution in [0.25, 0.3) is 0 Å². The summed E-state index contributed by atoms with van der Waals surface area (Å²) in [5.74, 6) is 0. The van der Waals surface area contributed by atoms with Gasteiger partial charge in [-0.15, -0.1) is 0 Å². The predicted molar refractivity (Wildman–Crippen MR) is 89.1 cm³/mol. The van der Waals surface area contributed by atoms with Crippen LogP contribution in [0.4, 0.5) is 4.79 Å². The van der Waals surface area contributed by atoms with Crippen molar-refractivity contribution in [3.8, 4) is 0 Å². The number of benzene rings is 2. The van der Waals surface area contributed by atoms with E-state index in [1.807, 2.05) is 42.5 Å². The Hall–Kier alpha value is -1.81. The van der Waals surface area contributed by atoms with Crippen LogP contribution in [0.3, 0.4) is 0 Å². The molecule has 2 aromatic carbocycles. The molecule has 21 heavy (non-hydrogen) atoms. The van der Waals surface area contributed by atoms with E-state index < -0.39 is 0 Å². The number of halogens is 1. The molecule has 2 amide bonds. The minimum Gasteiger partial charge on any atom is -0.338 e. The van der Waals surface area contributed by atoms with Crippen molar-refractivity contribution in [1.82, 2.24) is 10.6 Å². The van der Waals surface area contributed by atoms with Crippen LogP contribution in [-0.4, -0.2) is 12.6 Å². The van der Waals surface area contributed by atoms with Crippen molar-refractivity contribution < 1.29 is 4.79 Å². The van der Waals surface area contributed by atoms with E-state index in [-0.39, 0.29) is 6.03 Å². The van der Waals surface area contributed by atoms with Crippen molar-refractivity contribution >= 4 is 22.0 Å². The van der Waals surface area contributed by atoms with Crippen molar-refractivity contribution in [2.45, 2.75) is 19.4 Å². The van der Waals surface area contributed by atoms with Crippen LogP contribution in [0.15, 0.2) is 59.1 Å². The Morgan fingerprint density at radius 2 is 1.67 bits per heavy atom. The highest BCUT2D eigenvalue weighted by molar-refractivity contribution is 9.10. The molecule has 0 spiro atoms. The zero-order valence-corrected chi connectivity index (χ0v) is 13.4. The maximum atomic E-state index is 11.7. The molecule has 0 aromatic heterocycles. The highest BCUT2D eigenvalue weighted by Crippen LogP contribution is 2.15. The molecule has 0 saturated heterocycles. The summed E-state index contributed by atoms with van der Waals surface area (Å²) in [5, 5.41) is 5.74. The molecule has 0 aliphatic rings. The van der Waals surface area contributed by atoms with Crippen molar-refractivity contribution in [3.05, 3.63) is 70.2 Å². The fraction of sp³-hybridized carbons (Fsp3) is 0.235. The SMILES string of the molecule is O=C(NCCCc1ccccc1)NCc1ccccc1Br. The van der Waals surface area contributed by atoms with E-state index in [4.69, 9.17) is 0 Å². The van der Waals surface area contributed by atoms with Crippen LogP contribution in [0.5, 0.6) is 0 Å². The lowest BCUT2D eigenvalue weighted by molar-refractivity contribution is 0.240. The smallest absolute Gasteiger partial charge is 0.315 e. The molecule has 3 nitrogen and oxygen atoms in total. The molecule has 0 radical (unpaired) electrons. The van der Waals surface area contributed by atoms with E-state index >= 15 is 0 Å². The third-order valence-corrected chi connectivity index (χ3v) is 3.94. The molecule has 0 saturated carbocycles. The number of carbonyl (C=O) groups excluding carboxylic acids is 1. The van der Waals surface area contributed by atoms with E-state index in [2.05, 4.69) is 38.7 Å². The molecule has 0 aliphatic heterocycles. The van der Waals surface area contributed by atoms with E-state index in [1.165, 1.54) is 5.56 Å². The fourth-order valence-corrected chi connectivity index (χ4v) is 2.44. The van der Waals surface area contributed by atoms with Gasteiger partial charge in [-0.25, -0.2) is 4.79 Å². The van der Waals surface area contributed by atoms with Gasteiger partial charge in [0.05, 0.1) is 0 Å². The molecule has 2 aromatic rings. The summed E-state index contributed by atoms with van der Waals surface area (Å²) in [4.78, 5) is 11.7. The Kier molecular flexibility index (Phi) is 6.28. The molecule has 4 heteroatoms. The second-order valence-electron chi connectivity index (χ2n) is 4.79. The van der Waals surface area contributed by atoms with Gasteiger partial charge >= 0.3 is 6.03 Å². The number of aryl methyl sites for hydroxylation is 1. The van der Waals surface area contributed by atoms with Crippen molar-refractivity contribution in [2.24, 2.45) is 0 Å². The number of rotatable bonds is 6. The molecule has 0 fully saturated rings. The number of amides is 2. The number of carbonyl (C=O) groups is 1. The highest BCUT2D eigenvalue weighted by atomic mass is 79.9. The summed E-state index contributed by atoms with van der Waals surface area (Å²) in [5.41, 5.74) is 2.37. The highest BCUT2D eigenvalue weighted by Gasteiger charge is 2.02. The van der Waals surface area contributed by atoms with E-state index in [9.17, 15) is 4.79 Å². The third-order valence-electron chi connectivity index (χ3n) is 3.17. The van der Waals surface area contributed by atoms with Gasteiger partial charge in [-0.05, 0) is 30.0 Å². The van der Waals surface area contributed by atoms with Gasteiger partial charge in [0, 0.05) is 17.6 Å². The first-order valence-electron chi connectivity index (χ1n) is 7.05. The fourth-order valence-electron chi connectivity index (χ4n) is 2.02. The standard InChI is InChI=1S/C17H19BrN2O/c18-16-11-5-4-10-15(16)13-20-17(21)19-12-6-9-14-7-2-1-3-8-14/h1-5,7-8,10-11H,6,9,12-13H2,(H2,19,20,21). The van der Waals surface area contributed by atoms with Crippen LogP contribution in [0, 0.1) is 0 Å². The summed E-state index contributed by atoms with van der Waals surface area (Å²) in [6.07, 6.45) is 1.91. The lowest BCUT2D eigenvalue weighted by Gasteiger charge is -2.09. The average Bonchev–Trinajstić information content (AvgIpc) is 2.52. The third kappa shape index (κ3) is 5.60. The minimum absolute atomic E-state index is 0.126. The zero-order chi connectivity index (χ0) is 14.9. The normalized spacial score (nSPS) is 10.1. The van der Waals surface area contributed by atoms with Crippen LogP contribution < -0.4 is 10.6 Å². The van der Waals surface area contributed by atoms with Gasteiger partial charge in [0.25, 0.3) is 0 Å². The lowest BCUT2D eigenvalue weighted by atomic mass is 10.1. The first kappa shape index (κ1) is 15.6. The van der Waals surface area contributed by atoms with Crippen LogP contribution in [0.1, 0.15) is 17.5 Å². The molecule has 0 aliphatic carbocycles. The first-order valence-corrected chi connectivity index (χ1v) is 7.84. The minimum atomic E-state index is -0.126. The topological polar surface area (TPSA) is 41.1 Å². The zero-order valence-electron chi connectivity index (χ0n) is 11.8. The Bertz CT molecular complexity index is 572. The Balaban J connectivity index is 1.63. The average molecular weight is 347 g/mol. The molecule has 0 atom stereocenters. The van der Waals surface area contributed by atoms with Gasteiger partial charge in [0.1, 0.15) is 0 Å². The Labute approximate surface area is 133 Å². The summed E-state index contributed by atoms with van der Waals surface area (Å²) in [7, 11) is 0. The first-order chi connectivity index (χ1) is 10.3. The molecule has 0 heterocycles. The quantitative estimate of drug-likeness (QED) is 0.765. The van der Waals surface area contributed by atoms with Gasteiger partial charge < -0.3 is 10.6 Å². The second-order valence-corrected chi connectivity index (χ2v) is 5.64. The van der Waals surface area contributed by atoms with Gasteiger partial charge in [0.15, 0.2) is 0 Å². The second kappa shape index (κ2) is 8.47. The predicted octanol–water partition coefficient (Wildman–Crippen LogP) is 3.88. The van der Waals surface area contributed by atoms with Gasteiger partial charge in [0.2, 0.25) is 0 Å². The maximum absolute atomic E-state index is 11.7. The Morgan fingerprint density at radius 1 is 0.952 bits per heavy atom. The maximum Gasteiger partial charge on any atom is 0.315 e. The molecule has 110 valence electrons. The molecule has 2 rings (SSSR count). The Morgan fingerprint density at radius 3 is 2.43 bits per heavy atom.